The van der Waals surface area contributed by atoms with Gasteiger partial charge in [0.2, 0.25) is 0 Å². The predicted octanol–water partition coefficient (Wildman–Crippen LogP) is 3.19. The number of carbonyl (C=O) groups is 3. The number of amides is 1. The van der Waals surface area contributed by atoms with Crippen molar-refractivity contribution < 1.29 is 32.6 Å². The fourth-order valence-electron chi connectivity index (χ4n) is 4.74. The zero-order chi connectivity index (χ0) is 31.7. The van der Waals surface area contributed by atoms with E-state index in [1.54, 1.807) is 24.3 Å². The molecule has 3 aromatic rings. The van der Waals surface area contributed by atoms with E-state index in [9.17, 15) is 33.1 Å². The standard InChI is InChI=1S/C27H24AsCl4N3O7S/c1-27(7-2-8-35(27)43(41,42)19-11-17(29)10-18(30)12-19)26(39)33-22(25(37)38)9-15-3-5-16(6-4-15)28-24(36)23-20(31)13-34(40)14-21(23)32/h3-6,10-14,22,28H,2,7-9H2,1H3,(H,33,39)(H,37,38)/t22-,27-/m0/s1. The van der Waals surface area contributed by atoms with Gasteiger partial charge in [-0.2, -0.15) is 0 Å². The molecule has 4 rings (SSSR count). The van der Waals surface area contributed by atoms with Crippen molar-refractivity contribution in [3.05, 3.63) is 91.3 Å². The molecule has 0 radical (unpaired) electrons. The van der Waals surface area contributed by atoms with Gasteiger partial charge in [0.15, 0.2) is 0 Å². The molecular formula is C27H24AsCl4N3O7S. The van der Waals surface area contributed by atoms with Gasteiger partial charge in [-0.25, -0.2) is 0 Å². The van der Waals surface area contributed by atoms with Crippen molar-refractivity contribution in [2.45, 2.75) is 42.7 Å². The third kappa shape index (κ3) is 7.48. The average molecular weight is 751 g/mol. The van der Waals surface area contributed by atoms with Gasteiger partial charge in [-0.05, 0) is 18.2 Å². The predicted molar refractivity (Wildman–Crippen MR) is 164 cm³/mol. The number of hydrogen-bond acceptors (Lipinski definition) is 6. The Hall–Kier alpha value is -2.37. The summed E-state index contributed by atoms with van der Waals surface area (Å²) in [6.45, 7) is 1.50. The Kier molecular flexibility index (Phi) is 10.4. The smallest absolute Gasteiger partial charge is 0.0842 e. The first-order valence-electron chi connectivity index (χ1n) is 12.6. The van der Waals surface area contributed by atoms with Gasteiger partial charge in [-0.1, -0.05) is 23.2 Å². The second-order valence-electron chi connectivity index (χ2n) is 9.97. The molecule has 1 fully saturated rings. The topological polar surface area (TPSA) is 148 Å². The van der Waals surface area contributed by atoms with Gasteiger partial charge < -0.3 is 0 Å². The summed E-state index contributed by atoms with van der Waals surface area (Å²) in [7, 11) is -4.19. The fourth-order valence-corrected chi connectivity index (χ4v) is 10.3. The Labute approximate surface area is 274 Å². The van der Waals surface area contributed by atoms with Crippen molar-refractivity contribution in [3.63, 3.8) is 0 Å². The number of hydrogen-bond donors (Lipinski definition) is 2. The van der Waals surface area contributed by atoms with Crippen LogP contribution >= 0.6 is 46.4 Å². The van der Waals surface area contributed by atoms with E-state index in [-0.39, 0.29) is 54.5 Å². The summed E-state index contributed by atoms with van der Waals surface area (Å²) in [5, 5.41) is 24.0. The zero-order valence-corrected chi connectivity index (χ0v) is 28.3. The number of carboxylic acids is 1. The number of benzene rings is 2. The van der Waals surface area contributed by atoms with E-state index in [0.717, 1.165) is 16.7 Å². The van der Waals surface area contributed by atoms with E-state index in [0.29, 0.717) is 21.1 Å². The normalized spacial score (nSPS) is 18.2. The number of nitrogens with zero attached hydrogens (tertiary/aromatic N) is 2. The van der Waals surface area contributed by atoms with Crippen LogP contribution in [0, 0.1) is 5.21 Å². The van der Waals surface area contributed by atoms with Crippen LogP contribution in [-0.4, -0.2) is 68.2 Å². The maximum atomic E-state index is 13.5. The first-order valence-corrected chi connectivity index (χ1v) is 17.7. The molecule has 10 nitrogen and oxygen atoms in total. The monoisotopic (exact) mass is 749 g/mol. The van der Waals surface area contributed by atoms with Crippen molar-refractivity contribution in [1.82, 2.24) is 9.62 Å². The van der Waals surface area contributed by atoms with Crippen LogP contribution in [0.3, 0.4) is 0 Å². The summed E-state index contributed by atoms with van der Waals surface area (Å²) < 4.78 is 28.8. The zero-order valence-electron chi connectivity index (χ0n) is 22.3. The SMILES string of the molecule is C[C@@]1(C(=O)N[C@@H](Cc2ccc([AsH]C(=O)c3c(Cl)c[n+]([O-])cc3Cl)cc2)C(=O)O)CCCN1S(=O)(=O)c1cc(Cl)cc(Cl)c1. The van der Waals surface area contributed by atoms with E-state index in [1.807, 2.05) is 0 Å². The Morgan fingerprint density at radius 1 is 1.07 bits per heavy atom. The van der Waals surface area contributed by atoms with Gasteiger partial charge in [0, 0.05) is 10.0 Å². The first-order chi connectivity index (χ1) is 20.1. The van der Waals surface area contributed by atoms with E-state index in [4.69, 9.17) is 46.4 Å². The van der Waals surface area contributed by atoms with Crippen molar-refractivity contribution in [1.29, 1.82) is 0 Å². The second-order valence-corrected chi connectivity index (χ2v) is 16.2. The molecule has 3 atom stereocenters. The summed E-state index contributed by atoms with van der Waals surface area (Å²) in [6, 6.07) is 9.15. The van der Waals surface area contributed by atoms with E-state index < -0.39 is 49.2 Å². The number of sulfonamides is 1. The minimum atomic E-state index is -4.19. The minimum Gasteiger partial charge on any atom is -0.0842 e. The van der Waals surface area contributed by atoms with Gasteiger partial charge >= 0.3 is 224 Å². The van der Waals surface area contributed by atoms with E-state index in [1.165, 1.54) is 25.1 Å². The van der Waals surface area contributed by atoms with Crippen LogP contribution in [0.5, 0.6) is 0 Å². The molecule has 1 unspecified atom stereocenters. The van der Waals surface area contributed by atoms with Crippen LogP contribution in [0.4, 0.5) is 0 Å². The van der Waals surface area contributed by atoms with Crippen LogP contribution in [-0.2, 0) is 26.0 Å². The third-order valence-electron chi connectivity index (χ3n) is 6.93. The van der Waals surface area contributed by atoms with Crippen molar-refractivity contribution >= 4 is 93.0 Å². The summed E-state index contributed by atoms with van der Waals surface area (Å²) in [5.41, 5.74) is -0.918. The molecule has 0 bridgehead atoms. The third-order valence-corrected chi connectivity index (χ3v) is 12.2. The molecule has 1 saturated heterocycles. The molecule has 1 amide bonds. The van der Waals surface area contributed by atoms with Crippen molar-refractivity contribution in [3.8, 4) is 0 Å². The second kappa shape index (κ2) is 13.3. The van der Waals surface area contributed by atoms with Gasteiger partial charge in [-0.3, -0.25) is 0 Å². The Morgan fingerprint density at radius 3 is 2.21 bits per heavy atom. The summed E-state index contributed by atoms with van der Waals surface area (Å²) in [4.78, 5) is 38.2. The van der Waals surface area contributed by atoms with Gasteiger partial charge in [0.25, 0.3) is 0 Å². The number of carboxylic acid groups (broad SMARTS) is 1. The number of halogens is 4. The number of pyridine rings is 1. The molecule has 0 spiro atoms. The van der Waals surface area contributed by atoms with E-state index in [2.05, 4.69) is 5.32 Å². The summed E-state index contributed by atoms with van der Waals surface area (Å²) in [6.07, 6.45) is 2.56. The van der Waals surface area contributed by atoms with Crippen molar-refractivity contribution in [2.75, 3.05) is 6.54 Å². The Morgan fingerprint density at radius 2 is 1.65 bits per heavy atom. The quantitative estimate of drug-likeness (QED) is 0.184. The Balaban J connectivity index is 1.47. The van der Waals surface area contributed by atoms with Crippen LogP contribution in [0.15, 0.2) is 59.8 Å². The maximum absolute atomic E-state index is 13.5. The van der Waals surface area contributed by atoms with E-state index >= 15 is 0 Å². The van der Waals surface area contributed by atoms with Crippen LogP contribution in [0.25, 0.3) is 0 Å². The number of aliphatic carboxylic acids is 1. The number of nitrogens with one attached hydrogen (secondary N) is 1. The van der Waals surface area contributed by atoms with Crippen molar-refractivity contribution in [2.24, 2.45) is 0 Å². The number of carbonyl (C=O) groups excluding carboxylic acids is 2. The molecule has 0 saturated carbocycles. The van der Waals surface area contributed by atoms with Gasteiger partial charge in [0.1, 0.15) is 0 Å². The summed E-state index contributed by atoms with van der Waals surface area (Å²) >= 11 is 22.7. The molecule has 1 aliphatic heterocycles. The first kappa shape index (κ1) is 33.5. The minimum absolute atomic E-state index is 0.0494. The van der Waals surface area contributed by atoms with Crippen LogP contribution < -0.4 is 14.4 Å². The number of rotatable bonds is 10. The van der Waals surface area contributed by atoms with Crippen LogP contribution in [0.2, 0.25) is 20.1 Å². The molecule has 16 heteroatoms. The molecule has 228 valence electrons. The Bertz CT molecular complexity index is 1670. The van der Waals surface area contributed by atoms with Crippen LogP contribution in [0.1, 0.15) is 35.7 Å². The summed E-state index contributed by atoms with van der Waals surface area (Å²) in [5.74, 6) is -2.05. The fraction of sp³-hybridized carbons (Fsp3) is 0.259. The van der Waals surface area contributed by atoms with Gasteiger partial charge in [0.05, 0.1) is 0 Å². The molecule has 0 aliphatic carbocycles. The average Bonchev–Trinajstić information content (AvgIpc) is 3.31. The van der Waals surface area contributed by atoms with Gasteiger partial charge in [-0.15, -0.1) is 0 Å². The molecule has 1 aromatic heterocycles. The molecule has 2 aromatic carbocycles. The molecule has 2 N–H and O–H groups in total. The number of aromatic nitrogens is 1. The molecule has 43 heavy (non-hydrogen) atoms. The molecule has 2 heterocycles. The molecule has 1 aliphatic rings. The molecular weight excluding hydrogens is 727 g/mol.